The van der Waals surface area contributed by atoms with Crippen LogP contribution in [0.25, 0.3) is 0 Å². The molecule has 1 aromatic rings. The van der Waals surface area contributed by atoms with Gasteiger partial charge in [-0.15, -0.1) is 0 Å². The average Bonchev–Trinajstić information content (AvgIpc) is 2.14. The van der Waals surface area contributed by atoms with Crippen LogP contribution < -0.4 is 5.73 Å². The molecule has 4 heteroatoms. The molecule has 2 N–H and O–H groups in total. The van der Waals surface area contributed by atoms with Gasteiger partial charge in [0.1, 0.15) is 0 Å². The predicted octanol–water partition coefficient (Wildman–Crippen LogP) is 3.60. The van der Waals surface area contributed by atoms with E-state index in [9.17, 15) is 13.2 Å². The molecule has 0 bridgehead atoms. The van der Waals surface area contributed by atoms with Crippen LogP contribution in [-0.2, 0) is 12.6 Å². The van der Waals surface area contributed by atoms with Crippen molar-refractivity contribution in [2.75, 3.05) is 6.54 Å². The highest BCUT2D eigenvalue weighted by Crippen LogP contribution is 2.35. The van der Waals surface area contributed by atoms with E-state index in [2.05, 4.69) is 0 Å². The SMILES string of the molecule is Cc1cc(CCCCN)cc(C)c1C(F)(F)F. The summed E-state index contributed by atoms with van der Waals surface area (Å²) in [4.78, 5) is 0. The van der Waals surface area contributed by atoms with Crippen molar-refractivity contribution in [2.45, 2.75) is 39.3 Å². The molecule has 1 nitrogen and oxygen atoms in total. The van der Waals surface area contributed by atoms with E-state index in [0.29, 0.717) is 17.7 Å². The van der Waals surface area contributed by atoms with Crippen LogP contribution in [0.3, 0.4) is 0 Å². The van der Waals surface area contributed by atoms with Crippen molar-refractivity contribution in [3.05, 3.63) is 34.4 Å². The largest absolute Gasteiger partial charge is 0.416 e. The molecule has 0 aliphatic carbocycles. The van der Waals surface area contributed by atoms with E-state index in [1.54, 1.807) is 12.1 Å². The van der Waals surface area contributed by atoms with Crippen LogP contribution in [0.1, 0.15) is 35.1 Å². The van der Waals surface area contributed by atoms with E-state index in [0.717, 1.165) is 24.8 Å². The lowest BCUT2D eigenvalue weighted by atomic mass is 9.96. The Kier molecular flexibility index (Phi) is 4.57. The van der Waals surface area contributed by atoms with Gasteiger partial charge in [-0.25, -0.2) is 0 Å². The van der Waals surface area contributed by atoms with Gasteiger partial charge in [0.05, 0.1) is 5.56 Å². The van der Waals surface area contributed by atoms with E-state index < -0.39 is 11.7 Å². The van der Waals surface area contributed by atoms with E-state index in [4.69, 9.17) is 5.73 Å². The highest BCUT2D eigenvalue weighted by molar-refractivity contribution is 5.39. The molecule has 0 saturated heterocycles. The third-order valence-corrected chi connectivity index (χ3v) is 2.80. The van der Waals surface area contributed by atoms with Gasteiger partial charge in [-0.05, 0) is 56.3 Å². The summed E-state index contributed by atoms with van der Waals surface area (Å²) in [6.45, 7) is 3.66. The molecule has 0 spiro atoms. The fourth-order valence-corrected chi connectivity index (χ4v) is 2.12. The van der Waals surface area contributed by atoms with Crippen molar-refractivity contribution in [3.8, 4) is 0 Å². The molecule has 0 heterocycles. The third kappa shape index (κ3) is 3.73. The Balaban J connectivity index is 2.94. The maximum atomic E-state index is 12.7. The van der Waals surface area contributed by atoms with Crippen molar-refractivity contribution in [1.82, 2.24) is 0 Å². The quantitative estimate of drug-likeness (QED) is 0.806. The number of unbranched alkanes of at least 4 members (excludes halogenated alkanes) is 1. The first-order valence-electron chi connectivity index (χ1n) is 5.73. The molecule has 0 amide bonds. The summed E-state index contributed by atoms with van der Waals surface area (Å²) in [6, 6.07) is 3.26. The number of nitrogens with two attached hydrogens (primary N) is 1. The van der Waals surface area contributed by atoms with Crippen LogP contribution >= 0.6 is 0 Å². The van der Waals surface area contributed by atoms with Crippen LogP contribution in [0.5, 0.6) is 0 Å². The van der Waals surface area contributed by atoms with Gasteiger partial charge < -0.3 is 5.73 Å². The van der Waals surface area contributed by atoms with E-state index >= 15 is 0 Å². The first-order chi connectivity index (χ1) is 7.86. The summed E-state index contributed by atoms with van der Waals surface area (Å²) in [6.07, 6.45) is -1.65. The summed E-state index contributed by atoms with van der Waals surface area (Å²) in [5, 5.41) is 0. The number of alkyl halides is 3. The highest BCUT2D eigenvalue weighted by Gasteiger charge is 2.34. The molecule has 0 atom stereocenters. The molecular formula is C13H18F3N. The topological polar surface area (TPSA) is 26.0 Å². The number of rotatable bonds is 4. The zero-order valence-corrected chi connectivity index (χ0v) is 10.2. The molecule has 0 saturated carbocycles. The van der Waals surface area contributed by atoms with Crippen molar-refractivity contribution in [1.29, 1.82) is 0 Å². The first-order valence-corrected chi connectivity index (χ1v) is 5.73. The summed E-state index contributed by atoms with van der Waals surface area (Å²) in [7, 11) is 0. The summed E-state index contributed by atoms with van der Waals surface area (Å²) in [5.41, 5.74) is 6.46. The normalized spacial score (nSPS) is 11.9. The summed E-state index contributed by atoms with van der Waals surface area (Å²) in [5.74, 6) is 0. The lowest BCUT2D eigenvalue weighted by Crippen LogP contribution is -2.10. The zero-order valence-electron chi connectivity index (χ0n) is 10.2. The fourth-order valence-electron chi connectivity index (χ4n) is 2.12. The number of hydrogen-bond acceptors (Lipinski definition) is 1. The number of hydrogen-bond donors (Lipinski definition) is 1. The Morgan fingerprint density at radius 1 is 1.06 bits per heavy atom. The minimum absolute atomic E-state index is 0.306. The summed E-state index contributed by atoms with van der Waals surface area (Å²) < 4.78 is 38.2. The molecule has 17 heavy (non-hydrogen) atoms. The minimum Gasteiger partial charge on any atom is -0.330 e. The highest BCUT2D eigenvalue weighted by atomic mass is 19.4. The van der Waals surface area contributed by atoms with Crippen LogP contribution in [0.15, 0.2) is 12.1 Å². The van der Waals surface area contributed by atoms with Gasteiger partial charge in [0.15, 0.2) is 0 Å². The van der Waals surface area contributed by atoms with Gasteiger partial charge in [-0.1, -0.05) is 12.1 Å². The third-order valence-electron chi connectivity index (χ3n) is 2.80. The van der Waals surface area contributed by atoms with Crippen molar-refractivity contribution in [3.63, 3.8) is 0 Å². The second kappa shape index (κ2) is 5.54. The van der Waals surface area contributed by atoms with Gasteiger partial charge >= 0.3 is 6.18 Å². The second-order valence-electron chi connectivity index (χ2n) is 4.35. The van der Waals surface area contributed by atoms with Gasteiger partial charge in [-0.3, -0.25) is 0 Å². The molecule has 0 aliphatic rings. The molecule has 1 rings (SSSR count). The molecule has 96 valence electrons. The maximum absolute atomic E-state index is 12.7. The molecule has 0 radical (unpaired) electrons. The zero-order chi connectivity index (χ0) is 13.1. The summed E-state index contributed by atoms with van der Waals surface area (Å²) >= 11 is 0. The first kappa shape index (κ1) is 14.0. The standard InChI is InChI=1S/C13H18F3N/c1-9-7-11(5-3-4-6-17)8-10(2)12(9)13(14,15)16/h7-8H,3-6,17H2,1-2H3. The Bertz CT molecular complexity index is 360. The lowest BCUT2D eigenvalue weighted by Gasteiger charge is -2.15. The van der Waals surface area contributed by atoms with Crippen LogP contribution in [0.4, 0.5) is 13.2 Å². The molecule has 0 fully saturated rings. The molecule has 0 unspecified atom stereocenters. The van der Waals surface area contributed by atoms with Crippen LogP contribution in [0.2, 0.25) is 0 Å². The lowest BCUT2D eigenvalue weighted by molar-refractivity contribution is -0.138. The second-order valence-corrected chi connectivity index (χ2v) is 4.35. The Morgan fingerprint density at radius 2 is 1.59 bits per heavy atom. The molecule has 0 aliphatic heterocycles. The minimum atomic E-state index is -4.26. The predicted molar refractivity (Wildman–Crippen MR) is 62.9 cm³/mol. The Morgan fingerprint density at radius 3 is 2.00 bits per heavy atom. The van der Waals surface area contributed by atoms with E-state index in [1.807, 2.05) is 0 Å². The van der Waals surface area contributed by atoms with E-state index in [1.165, 1.54) is 13.8 Å². The van der Waals surface area contributed by atoms with Crippen molar-refractivity contribution < 1.29 is 13.2 Å². The van der Waals surface area contributed by atoms with Crippen LogP contribution in [-0.4, -0.2) is 6.54 Å². The smallest absolute Gasteiger partial charge is 0.330 e. The van der Waals surface area contributed by atoms with Crippen molar-refractivity contribution in [2.24, 2.45) is 5.73 Å². The molecule has 0 aromatic heterocycles. The van der Waals surface area contributed by atoms with E-state index in [-0.39, 0.29) is 0 Å². The van der Waals surface area contributed by atoms with Crippen LogP contribution in [0, 0.1) is 13.8 Å². The number of aryl methyl sites for hydroxylation is 3. The number of benzene rings is 1. The average molecular weight is 245 g/mol. The number of halogens is 3. The van der Waals surface area contributed by atoms with Gasteiger partial charge in [0, 0.05) is 0 Å². The monoisotopic (exact) mass is 245 g/mol. The Hall–Kier alpha value is -1.03. The van der Waals surface area contributed by atoms with Gasteiger partial charge in [-0.2, -0.15) is 13.2 Å². The maximum Gasteiger partial charge on any atom is 0.416 e. The fraction of sp³-hybridized carbons (Fsp3) is 0.538. The van der Waals surface area contributed by atoms with Crippen molar-refractivity contribution >= 4 is 0 Å². The van der Waals surface area contributed by atoms with Gasteiger partial charge in [0.2, 0.25) is 0 Å². The molecular weight excluding hydrogens is 227 g/mol. The van der Waals surface area contributed by atoms with Gasteiger partial charge in [0.25, 0.3) is 0 Å². The molecule has 1 aromatic carbocycles. The Labute approximate surface area is 99.8 Å².